The number of methoxy groups -OCH3 is 1. The molecule has 13 heavy (non-hydrogen) atoms. The minimum absolute atomic E-state index is 0.0778. The summed E-state index contributed by atoms with van der Waals surface area (Å²) >= 11 is 0. The third kappa shape index (κ3) is 8.90. The highest BCUT2D eigenvalue weighted by atomic mass is 16.5. The maximum absolute atomic E-state index is 11.1. The van der Waals surface area contributed by atoms with Gasteiger partial charge < -0.3 is 10.1 Å². The Morgan fingerprint density at radius 3 is 2.92 bits per heavy atom. The van der Waals surface area contributed by atoms with Crippen molar-refractivity contribution in [3.05, 3.63) is 0 Å². The van der Waals surface area contributed by atoms with Crippen molar-refractivity contribution in [3.8, 4) is 12.3 Å². The van der Waals surface area contributed by atoms with Crippen molar-refractivity contribution < 1.29 is 9.53 Å². The molecule has 1 N–H and O–H groups in total. The van der Waals surface area contributed by atoms with Crippen molar-refractivity contribution in [1.29, 1.82) is 0 Å². The van der Waals surface area contributed by atoms with Gasteiger partial charge in [-0.2, -0.15) is 0 Å². The molecule has 0 radical (unpaired) electrons. The number of amides is 1. The van der Waals surface area contributed by atoms with E-state index in [1.54, 1.807) is 7.11 Å². The van der Waals surface area contributed by atoms with Crippen LogP contribution >= 0.6 is 0 Å². The lowest BCUT2D eigenvalue weighted by Gasteiger charge is -2.02. The third-order valence-corrected chi connectivity index (χ3v) is 1.57. The Morgan fingerprint density at radius 1 is 1.54 bits per heavy atom. The molecule has 0 aromatic rings. The van der Waals surface area contributed by atoms with Crippen LogP contribution in [0.5, 0.6) is 0 Å². The first-order valence-corrected chi connectivity index (χ1v) is 4.50. The molecule has 74 valence electrons. The molecule has 0 aliphatic carbocycles. The van der Waals surface area contributed by atoms with Gasteiger partial charge in [-0.25, -0.2) is 0 Å². The molecule has 3 nitrogen and oxygen atoms in total. The fraction of sp³-hybridized carbons (Fsp3) is 0.700. The summed E-state index contributed by atoms with van der Waals surface area (Å²) in [5, 5.41) is 2.79. The number of hydrogen-bond donors (Lipinski definition) is 1. The van der Waals surface area contributed by atoms with E-state index < -0.39 is 0 Å². The van der Waals surface area contributed by atoms with E-state index in [1.807, 2.05) is 0 Å². The number of hydrogen-bond acceptors (Lipinski definition) is 2. The largest absolute Gasteiger partial charge is 0.385 e. The summed E-state index contributed by atoms with van der Waals surface area (Å²) in [5.74, 6) is 2.60. The van der Waals surface area contributed by atoms with E-state index in [1.165, 1.54) is 0 Å². The second-order valence-electron chi connectivity index (χ2n) is 2.75. The van der Waals surface area contributed by atoms with Crippen LogP contribution in [0.2, 0.25) is 0 Å². The maximum atomic E-state index is 11.1. The third-order valence-electron chi connectivity index (χ3n) is 1.57. The first-order chi connectivity index (χ1) is 6.31. The second kappa shape index (κ2) is 9.08. The molecule has 0 aromatic carbocycles. The Hall–Kier alpha value is -1.01. The summed E-state index contributed by atoms with van der Waals surface area (Å²) in [4.78, 5) is 11.1. The van der Waals surface area contributed by atoms with Gasteiger partial charge in [0.1, 0.15) is 0 Å². The van der Waals surface area contributed by atoms with Crippen molar-refractivity contribution in [2.24, 2.45) is 0 Å². The van der Waals surface area contributed by atoms with Gasteiger partial charge in [-0.05, 0) is 12.8 Å². The van der Waals surface area contributed by atoms with Crippen LogP contribution in [-0.4, -0.2) is 26.2 Å². The summed E-state index contributed by atoms with van der Waals surface area (Å²) in [6, 6.07) is 0. The smallest absolute Gasteiger partial charge is 0.220 e. The normalized spacial score (nSPS) is 9.23. The fourth-order valence-corrected chi connectivity index (χ4v) is 0.884. The summed E-state index contributed by atoms with van der Waals surface area (Å²) in [6.45, 7) is 1.31. The molecule has 0 heterocycles. The summed E-state index contributed by atoms with van der Waals surface area (Å²) in [7, 11) is 1.63. The van der Waals surface area contributed by atoms with Gasteiger partial charge in [-0.3, -0.25) is 4.79 Å². The Labute approximate surface area is 79.8 Å². The monoisotopic (exact) mass is 183 g/mol. The lowest BCUT2D eigenvalue weighted by molar-refractivity contribution is -0.121. The molecule has 0 aliphatic rings. The zero-order chi connectivity index (χ0) is 9.94. The summed E-state index contributed by atoms with van der Waals surface area (Å²) < 4.78 is 4.83. The number of unbranched alkanes of at least 4 members (excludes halogenated alkanes) is 1. The van der Waals surface area contributed by atoms with E-state index in [9.17, 15) is 4.79 Å². The van der Waals surface area contributed by atoms with E-state index in [-0.39, 0.29) is 5.91 Å². The lowest BCUT2D eigenvalue weighted by Crippen LogP contribution is -2.24. The van der Waals surface area contributed by atoms with Gasteiger partial charge >= 0.3 is 0 Å². The van der Waals surface area contributed by atoms with Gasteiger partial charge in [0, 0.05) is 33.1 Å². The van der Waals surface area contributed by atoms with Crippen molar-refractivity contribution >= 4 is 5.91 Å². The van der Waals surface area contributed by atoms with Crippen LogP contribution in [0.15, 0.2) is 0 Å². The zero-order valence-corrected chi connectivity index (χ0v) is 8.14. The first-order valence-electron chi connectivity index (χ1n) is 4.50. The topological polar surface area (TPSA) is 38.3 Å². The van der Waals surface area contributed by atoms with Crippen LogP contribution in [-0.2, 0) is 9.53 Å². The molecule has 3 heteroatoms. The quantitative estimate of drug-likeness (QED) is 0.471. The van der Waals surface area contributed by atoms with E-state index in [2.05, 4.69) is 11.2 Å². The van der Waals surface area contributed by atoms with E-state index in [0.29, 0.717) is 19.6 Å². The number of carbonyl (C=O) groups excluding carboxylic acids is 1. The van der Waals surface area contributed by atoms with Gasteiger partial charge in [0.2, 0.25) is 5.91 Å². The van der Waals surface area contributed by atoms with Gasteiger partial charge in [0.25, 0.3) is 0 Å². The minimum atomic E-state index is 0.0778. The predicted molar refractivity (Wildman–Crippen MR) is 52.2 cm³/mol. The lowest BCUT2D eigenvalue weighted by atomic mass is 10.3. The number of nitrogens with one attached hydrogen (secondary N) is 1. The van der Waals surface area contributed by atoms with Crippen molar-refractivity contribution in [2.75, 3.05) is 20.3 Å². The standard InChI is InChI=1S/C10H17NO2/c1-3-4-5-8-11-10(12)7-6-9-13-2/h1H,4-9H2,2H3,(H,11,12). The molecule has 0 fully saturated rings. The molecule has 0 aromatic heterocycles. The second-order valence-corrected chi connectivity index (χ2v) is 2.75. The number of ether oxygens (including phenoxy) is 1. The van der Waals surface area contributed by atoms with Crippen molar-refractivity contribution in [1.82, 2.24) is 5.32 Å². The molecule has 0 aliphatic heterocycles. The average Bonchev–Trinajstić information content (AvgIpc) is 2.13. The van der Waals surface area contributed by atoms with Crippen LogP contribution in [0.3, 0.4) is 0 Å². The number of rotatable bonds is 7. The first kappa shape index (κ1) is 12.0. The predicted octanol–water partition coefficient (Wildman–Crippen LogP) is 0.943. The molecular weight excluding hydrogens is 166 g/mol. The van der Waals surface area contributed by atoms with Gasteiger partial charge in [0.05, 0.1) is 0 Å². The molecule has 0 spiro atoms. The van der Waals surface area contributed by atoms with E-state index in [0.717, 1.165) is 19.3 Å². The highest BCUT2D eigenvalue weighted by molar-refractivity contribution is 5.75. The highest BCUT2D eigenvalue weighted by Gasteiger charge is 1.98. The Bertz CT molecular complexity index is 172. The number of terminal acetylenes is 1. The van der Waals surface area contributed by atoms with E-state index >= 15 is 0 Å². The molecule has 0 atom stereocenters. The summed E-state index contributed by atoms with van der Waals surface area (Å²) in [6.07, 6.45) is 7.95. The fourth-order valence-electron chi connectivity index (χ4n) is 0.884. The zero-order valence-electron chi connectivity index (χ0n) is 8.14. The minimum Gasteiger partial charge on any atom is -0.385 e. The van der Waals surface area contributed by atoms with Gasteiger partial charge in [0.15, 0.2) is 0 Å². The Morgan fingerprint density at radius 2 is 2.31 bits per heavy atom. The van der Waals surface area contributed by atoms with Crippen LogP contribution in [0.4, 0.5) is 0 Å². The number of carbonyl (C=O) groups is 1. The van der Waals surface area contributed by atoms with Crippen molar-refractivity contribution in [3.63, 3.8) is 0 Å². The Kier molecular flexibility index (Phi) is 8.38. The summed E-state index contributed by atoms with van der Waals surface area (Å²) in [5.41, 5.74) is 0. The molecule has 0 rings (SSSR count). The van der Waals surface area contributed by atoms with E-state index in [4.69, 9.17) is 11.2 Å². The SMILES string of the molecule is C#CCCCNC(=O)CCCOC. The Balaban J connectivity index is 3.16. The molecule has 0 saturated carbocycles. The average molecular weight is 183 g/mol. The molecule has 0 bridgehead atoms. The molecule has 0 saturated heterocycles. The maximum Gasteiger partial charge on any atom is 0.220 e. The van der Waals surface area contributed by atoms with Gasteiger partial charge in [-0.1, -0.05) is 0 Å². The van der Waals surface area contributed by atoms with Crippen LogP contribution in [0.1, 0.15) is 25.7 Å². The van der Waals surface area contributed by atoms with Gasteiger partial charge in [-0.15, -0.1) is 12.3 Å². The van der Waals surface area contributed by atoms with Crippen molar-refractivity contribution in [2.45, 2.75) is 25.7 Å². The van der Waals surface area contributed by atoms with Crippen LogP contribution in [0, 0.1) is 12.3 Å². The van der Waals surface area contributed by atoms with Crippen LogP contribution in [0.25, 0.3) is 0 Å². The molecular formula is C10H17NO2. The highest BCUT2D eigenvalue weighted by Crippen LogP contribution is 1.90. The molecule has 1 amide bonds. The molecule has 0 unspecified atom stereocenters. The van der Waals surface area contributed by atoms with Crippen LogP contribution < -0.4 is 5.32 Å².